The van der Waals surface area contributed by atoms with E-state index in [-0.39, 0.29) is 17.1 Å². The Morgan fingerprint density at radius 3 is 2.25 bits per heavy atom. The number of methoxy groups -OCH3 is 1. The van der Waals surface area contributed by atoms with E-state index in [1.54, 1.807) is 46.5 Å². The van der Waals surface area contributed by atoms with E-state index in [9.17, 15) is 27.9 Å². The van der Waals surface area contributed by atoms with Crippen LogP contribution >= 0.6 is 0 Å². The van der Waals surface area contributed by atoms with Crippen molar-refractivity contribution in [2.75, 3.05) is 7.11 Å². The Bertz CT molecular complexity index is 1850. The Morgan fingerprint density at radius 2 is 1.70 bits per heavy atom. The smallest absolute Gasteiger partial charge is 0.480 e. The highest BCUT2D eigenvalue weighted by Crippen LogP contribution is 2.31. The molecule has 1 aromatic carbocycles. The average molecular weight is 558 g/mol. The van der Waals surface area contributed by atoms with E-state index >= 15 is 0 Å². The zero-order valence-electron chi connectivity index (χ0n) is 21.4. The highest BCUT2D eigenvalue weighted by atomic mass is 19.4. The highest BCUT2D eigenvalue weighted by molar-refractivity contribution is 6.05. The predicted molar refractivity (Wildman–Crippen MR) is 136 cm³/mol. The van der Waals surface area contributed by atoms with Gasteiger partial charge in [-0.3, -0.25) is 18.8 Å². The molecule has 0 bridgehead atoms. The standard InChI is InChI=1S/C23H20N6O4.C2HF3O2/c1-12-19(11-27(2)26-12)29-20-15-7-13(14-8-16(22(30)31)21(33-4)25-9-14)5-6-17(15)24-10-18(20)28(3)23(29)32;3-2(4,5)1(6)7/h5-11H,1-4H3,(H,30,31);(H,6,7). The summed E-state index contributed by atoms with van der Waals surface area (Å²) >= 11 is 0. The van der Waals surface area contributed by atoms with Crippen molar-refractivity contribution in [3.63, 3.8) is 0 Å². The fraction of sp³-hybridized carbons (Fsp3) is 0.200. The number of halogens is 3. The third-order valence-corrected chi connectivity index (χ3v) is 5.96. The number of nitrogens with zero attached hydrogens (tertiary/aromatic N) is 6. The minimum Gasteiger partial charge on any atom is -0.480 e. The van der Waals surface area contributed by atoms with Crippen molar-refractivity contribution in [2.45, 2.75) is 13.1 Å². The van der Waals surface area contributed by atoms with Crippen LogP contribution in [0.5, 0.6) is 5.88 Å². The van der Waals surface area contributed by atoms with Crippen LogP contribution in [0.1, 0.15) is 16.1 Å². The maximum absolute atomic E-state index is 13.2. The zero-order chi connectivity index (χ0) is 29.5. The molecule has 40 heavy (non-hydrogen) atoms. The van der Waals surface area contributed by atoms with Gasteiger partial charge < -0.3 is 14.9 Å². The van der Waals surface area contributed by atoms with Gasteiger partial charge in [-0.25, -0.2) is 19.4 Å². The summed E-state index contributed by atoms with van der Waals surface area (Å²) in [5, 5.41) is 21.8. The number of aliphatic carboxylic acids is 1. The maximum atomic E-state index is 13.2. The van der Waals surface area contributed by atoms with Crippen LogP contribution in [0, 0.1) is 6.92 Å². The molecule has 0 radical (unpaired) electrons. The number of aromatic nitrogens is 6. The molecule has 0 unspecified atom stereocenters. The lowest BCUT2D eigenvalue weighted by Gasteiger charge is -2.09. The lowest BCUT2D eigenvalue weighted by atomic mass is 10.0. The first-order valence-electron chi connectivity index (χ1n) is 11.3. The number of carboxylic acids is 2. The van der Waals surface area contributed by atoms with Gasteiger partial charge in [0.1, 0.15) is 5.56 Å². The molecule has 208 valence electrons. The Balaban J connectivity index is 0.000000470. The van der Waals surface area contributed by atoms with E-state index in [0.717, 1.165) is 16.6 Å². The van der Waals surface area contributed by atoms with Crippen molar-refractivity contribution in [1.29, 1.82) is 0 Å². The molecule has 4 aromatic heterocycles. The second-order valence-electron chi connectivity index (χ2n) is 8.56. The van der Waals surface area contributed by atoms with E-state index in [1.165, 1.54) is 13.2 Å². The molecular weight excluding hydrogens is 537 g/mol. The topological polar surface area (TPSA) is 154 Å². The van der Waals surface area contributed by atoms with Crippen molar-refractivity contribution in [3.05, 3.63) is 64.6 Å². The zero-order valence-corrected chi connectivity index (χ0v) is 21.4. The Kier molecular flexibility index (Phi) is 7.07. The molecule has 0 amide bonds. The Hall–Kier alpha value is -5.21. The van der Waals surface area contributed by atoms with Crippen LogP contribution in [-0.2, 0) is 18.9 Å². The first-order chi connectivity index (χ1) is 18.7. The molecule has 0 fully saturated rings. The third kappa shape index (κ3) is 4.95. The van der Waals surface area contributed by atoms with Crippen LogP contribution in [0.4, 0.5) is 13.2 Å². The molecule has 0 saturated carbocycles. The number of aryl methyl sites for hydroxylation is 3. The number of carboxylic acid groups (broad SMARTS) is 2. The number of rotatable bonds is 4. The van der Waals surface area contributed by atoms with Crippen LogP contribution < -0.4 is 10.4 Å². The summed E-state index contributed by atoms with van der Waals surface area (Å²) in [6.45, 7) is 1.85. The summed E-state index contributed by atoms with van der Waals surface area (Å²) < 4.78 is 41.7. The molecule has 0 aliphatic heterocycles. The first-order valence-corrected chi connectivity index (χ1v) is 11.3. The average Bonchev–Trinajstić information content (AvgIpc) is 3.36. The van der Waals surface area contributed by atoms with Gasteiger partial charge in [0.05, 0.1) is 41.2 Å². The van der Waals surface area contributed by atoms with Gasteiger partial charge in [-0.15, -0.1) is 0 Å². The SMILES string of the molecule is COc1ncc(-c2ccc3ncc4c(c3c2)n(-c2cn(C)nc2C)c(=O)n4C)cc1C(=O)O.O=C(O)C(F)(F)F. The number of benzene rings is 1. The second-order valence-corrected chi connectivity index (χ2v) is 8.56. The van der Waals surface area contributed by atoms with Crippen molar-refractivity contribution < 1.29 is 37.7 Å². The molecule has 5 rings (SSSR count). The van der Waals surface area contributed by atoms with Gasteiger partial charge >= 0.3 is 23.8 Å². The van der Waals surface area contributed by atoms with Gasteiger partial charge in [0.25, 0.3) is 0 Å². The number of imidazole rings is 1. The van der Waals surface area contributed by atoms with Gasteiger partial charge in [-0.1, -0.05) is 6.07 Å². The molecule has 0 spiro atoms. The van der Waals surface area contributed by atoms with Crippen molar-refractivity contribution in [3.8, 4) is 22.7 Å². The number of aromatic carboxylic acids is 1. The molecule has 12 nitrogen and oxygen atoms in total. The summed E-state index contributed by atoms with van der Waals surface area (Å²) in [5.41, 5.74) is 4.58. The monoisotopic (exact) mass is 558 g/mol. The van der Waals surface area contributed by atoms with Gasteiger partial charge in [0, 0.05) is 37.4 Å². The van der Waals surface area contributed by atoms with Crippen LogP contribution in [-0.4, -0.2) is 64.3 Å². The molecule has 4 heterocycles. The highest BCUT2D eigenvalue weighted by Gasteiger charge is 2.38. The maximum Gasteiger partial charge on any atom is 0.490 e. The molecule has 0 atom stereocenters. The minimum atomic E-state index is -5.08. The predicted octanol–water partition coefficient (Wildman–Crippen LogP) is 3.32. The van der Waals surface area contributed by atoms with Crippen LogP contribution in [0.2, 0.25) is 0 Å². The summed E-state index contributed by atoms with van der Waals surface area (Å²) in [6.07, 6.45) is -0.0411. The molecule has 0 saturated heterocycles. The normalized spacial score (nSPS) is 11.4. The number of alkyl halides is 3. The molecular formula is C25H21F3N6O6. The van der Waals surface area contributed by atoms with E-state index in [4.69, 9.17) is 14.6 Å². The number of ether oxygens (including phenoxy) is 1. The van der Waals surface area contributed by atoms with Crippen molar-refractivity contribution in [1.82, 2.24) is 28.9 Å². The van der Waals surface area contributed by atoms with Gasteiger partial charge in [0.15, 0.2) is 0 Å². The minimum absolute atomic E-state index is 0.0333. The lowest BCUT2D eigenvalue weighted by molar-refractivity contribution is -0.192. The first kappa shape index (κ1) is 27.8. The fourth-order valence-corrected chi connectivity index (χ4v) is 4.13. The largest absolute Gasteiger partial charge is 0.490 e. The quantitative estimate of drug-likeness (QED) is 0.338. The van der Waals surface area contributed by atoms with Crippen LogP contribution in [0.25, 0.3) is 38.8 Å². The fourth-order valence-electron chi connectivity index (χ4n) is 4.13. The van der Waals surface area contributed by atoms with E-state index in [0.29, 0.717) is 27.8 Å². The Labute approximate surface area is 222 Å². The third-order valence-electron chi connectivity index (χ3n) is 5.96. The summed E-state index contributed by atoms with van der Waals surface area (Å²) in [7, 11) is 4.89. The number of fused-ring (bicyclic) bond motifs is 3. The number of carbonyl (C=O) groups is 2. The van der Waals surface area contributed by atoms with Crippen LogP contribution in [0.15, 0.2) is 47.7 Å². The molecule has 15 heteroatoms. The summed E-state index contributed by atoms with van der Waals surface area (Å²) in [5.74, 6) is -3.84. The van der Waals surface area contributed by atoms with E-state index in [2.05, 4.69) is 15.1 Å². The van der Waals surface area contributed by atoms with E-state index < -0.39 is 18.1 Å². The summed E-state index contributed by atoms with van der Waals surface area (Å²) in [6, 6.07) is 7.09. The molecule has 0 aliphatic carbocycles. The van der Waals surface area contributed by atoms with Gasteiger partial charge in [-0.05, 0) is 30.7 Å². The molecule has 5 aromatic rings. The molecule has 0 aliphatic rings. The lowest BCUT2D eigenvalue weighted by Crippen LogP contribution is -2.21. The van der Waals surface area contributed by atoms with Crippen molar-refractivity contribution in [2.24, 2.45) is 14.1 Å². The van der Waals surface area contributed by atoms with Gasteiger partial charge in [0.2, 0.25) is 5.88 Å². The molecule has 2 N–H and O–H groups in total. The second kappa shape index (κ2) is 10.2. The van der Waals surface area contributed by atoms with Crippen molar-refractivity contribution >= 4 is 33.9 Å². The number of pyridine rings is 2. The summed E-state index contributed by atoms with van der Waals surface area (Å²) in [4.78, 5) is 42.4. The van der Waals surface area contributed by atoms with E-state index in [1.807, 2.05) is 25.1 Å². The number of hydrogen-bond donors (Lipinski definition) is 2. The Morgan fingerprint density at radius 1 is 1.02 bits per heavy atom. The van der Waals surface area contributed by atoms with Crippen LogP contribution in [0.3, 0.4) is 0 Å². The van der Waals surface area contributed by atoms with Gasteiger partial charge in [-0.2, -0.15) is 18.3 Å². The number of hydrogen-bond acceptors (Lipinski definition) is 7.